The van der Waals surface area contributed by atoms with Gasteiger partial charge in [-0.1, -0.05) is 33.1 Å². The Morgan fingerprint density at radius 3 is 2.47 bits per heavy atom. The molecule has 0 aromatic rings. The molecule has 100 valence electrons. The third-order valence-electron chi connectivity index (χ3n) is 2.66. The fourth-order valence-electron chi connectivity index (χ4n) is 1.61. The summed E-state index contributed by atoms with van der Waals surface area (Å²) in [5.74, 6) is 1.84. The third kappa shape index (κ3) is 6.21. The van der Waals surface area contributed by atoms with Crippen LogP contribution in [0.3, 0.4) is 0 Å². The van der Waals surface area contributed by atoms with Gasteiger partial charge in [0.15, 0.2) is 5.81 Å². The van der Waals surface area contributed by atoms with Gasteiger partial charge in [0.25, 0.3) is 0 Å². The molecule has 0 rings (SSSR count). The molecule has 0 heterocycles. The lowest BCUT2D eigenvalue weighted by molar-refractivity contribution is 0.192. The number of nitrogens with zero attached hydrogens (tertiary/aromatic N) is 2. The summed E-state index contributed by atoms with van der Waals surface area (Å²) in [4.78, 5) is 0. The minimum atomic E-state index is -3.27. The molecule has 0 saturated carbocycles. The number of hydrogen-bond acceptors (Lipinski definition) is 3. The monoisotopic (exact) mass is 260 g/mol. The first kappa shape index (κ1) is 16.6. The molecule has 0 spiro atoms. The fraction of sp³-hybridized carbons (Fsp3) is 0.917. The number of nitriles is 1. The predicted molar refractivity (Wildman–Crippen MR) is 70.8 cm³/mol. The van der Waals surface area contributed by atoms with Crippen molar-refractivity contribution in [1.29, 1.82) is 5.26 Å². The third-order valence-corrected chi connectivity index (χ3v) is 4.66. The van der Waals surface area contributed by atoms with Crippen LogP contribution < -0.4 is 0 Å². The molecule has 0 aliphatic heterocycles. The molecule has 0 fully saturated rings. The van der Waals surface area contributed by atoms with E-state index >= 15 is 0 Å². The van der Waals surface area contributed by atoms with Crippen molar-refractivity contribution < 1.29 is 9.09 Å². The molecule has 0 saturated heterocycles. The summed E-state index contributed by atoms with van der Waals surface area (Å²) in [5, 5.41) is 9.02. The van der Waals surface area contributed by atoms with Gasteiger partial charge in [0.2, 0.25) is 0 Å². The topological polar surface area (TPSA) is 53.3 Å². The van der Waals surface area contributed by atoms with Crippen molar-refractivity contribution in [2.45, 2.75) is 59.0 Å². The van der Waals surface area contributed by atoms with Crippen LogP contribution in [-0.4, -0.2) is 24.4 Å². The molecule has 0 N–H and O–H groups in total. The van der Waals surface area contributed by atoms with Gasteiger partial charge in [0.1, 0.15) is 0 Å². The Balaban J connectivity index is 4.28. The normalized spacial score (nSPS) is 16.5. The van der Waals surface area contributed by atoms with E-state index in [0.717, 1.165) is 32.1 Å². The van der Waals surface area contributed by atoms with E-state index in [1.807, 2.05) is 19.7 Å². The number of unbranched alkanes of at least 4 members (excludes halogenated alkanes) is 2. The second-order valence-electron chi connectivity index (χ2n) is 4.41. The van der Waals surface area contributed by atoms with Crippen molar-refractivity contribution in [1.82, 2.24) is 4.67 Å². The van der Waals surface area contributed by atoms with Crippen LogP contribution >= 0.6 is 7.52 Å². The van der Waals surface area contributed by atoms with Gasteiger partial charge in [0, 0.05) is 6.54 Å². The molecule has 0 radical (unpaired) electrons. The number of hydrogen-bond donors (Lipinski definition) is 0. The molecule has 0 aromatic heterocycles. The van der Waals surface area contributed by atoms with Crippen molar-refractivity contribution in [2.24, 2.45) is 0 Å². The molecule has 2 unspecified atom stereocenters. The Kier molecular flexibility index (Phi) is 8.51. The van der Waals surface area contributed by atoms with Gasteiger partial charge in [-0.15, -0.1) is 0 Å². The van der Waals surface area contributed by atoms with Crippen LogP contribution in [0.1, 0.15) is 52.9 Å². The van der Waals surface area contributed by atoms with E-state index in [2.05, 4.69) is 6.92 Å². The molecule has 17 heavy (non-hydrogen) atoms. The summed E-state index contributed by atoms with van der Waals surface area (Å²) in [6.07, 6.45) is 4.95. The van der Waals surface area contributed by atoms with Crippen LogP contribution in [0.2, 0.25) is 0 Å². The van der Waals surface area contributed by atoms with Gasteiger partial charge < -0.3 is 4.52 Å². The fourth-order valence-corrected chi connectivity index (χ4v) is 3.03. The first-order valence-electron chi connectivity index (χ1n) is 6.41. The van der Waals surface area contributed by atoms with Crippen LogP contribution in [0, 0.1) is 11.1 Å². The van der Waals surface area contributed by atoms with E-state index in [4.69, 9.17) is 9.79 Å². The highest BCUT2D eigenvalue weighted by Crippen LogP contribution is 2.50. The largest absolute Gasteiger partial charge is 0.371 e. The highest BCUT2D eigenvalue weighted by molar-refractivity contribution is 7.61. The summed E-state index contributed by atoms with van der Waals surface area (Å²) in [6, 6.07) is 0. The van der Waals surface area contributed by atoms with Crippen molar-refractivity contribution >= 4 is 7.52 Å². The van der Waals surface area contributed by atoms with Gasteiger partial charge in [0.05, 0.1) is 6.10 Å². The molecule has 0 aliphatic carbocycles. The Bertz CT molecular complexity index is 289. The Morgan fingerprint density at radius 1 is 1.35 bits per heavy atom. The predicted octanol–water partition coefficient (Wildman–Crippen LogP) is 3.99. The quantitative estimate of drug-likeness (QED) is 0.464. The van der Waals surface area contributed by atoms with Gasteiger partial charge in [-0.2, -0.15) is 5.26 Å². The zero-order chi connectivity index (χ0) is 13.3. The lowest BCUT2D eigenvalue weighted by Gasteiger charge is -2.24. The van der Waals surface area contributed by atoms with Crippen LogP contribution in [0.5, 0.6) is 0 Å². The van der Waals surface area contributed by atoms with E-state index in [9.17, 15) is 4.57 Å². The standard InChI is InChI=1S/C12H25N2O2P/c1-5-7-8-9-12(3)16-17(15,11-13)14(4)10-6-2/h12H,5-10H2,1-4H3. The molecule has 2 atom stereocenters. The second-order valence-corrected chi connectivity index (χ2v) is 6.55. The van der Waals surface area contributed by atoms with Crippen LogP contribution in [0.15, 0.2) is 0 Å². The molecular weight excluding hydrogens is 235 g/mol. The van der Waals surface area contributed by atoms with E-state index < -0.39 is 7.52 Å². The molecule has 4 nitrogen and oxygen atoms in total. The highest BCUT2D eigenvalue weighted by atomic mass is 31.2. The van der Waals surface area contributed by atoms with Gasteiger partial charge in [-0.05, 0) is 26.8 Å². The Hall–Kier alpha value is -0.360. The highest BCUT2D eigenvalue weighted by Gasteiger charge is 2.30. The van der Waals surface area contributed by atoms with Crippen LogP contribution in [-0.2, 0) is 9.09 Å². The zero-order valence-electron chi connectivity index (χ0n) is 11.5. The van der Waals surface area contributed by atoms with Gasteiger partial charge >= 0.3 is 7.52 Å². The summed E-state index contributed by atoms with van der Waals surface area (Å²) in [6.45, 7) is 6.63. The summed E-state index contributed by atoms with van der Waals surface area (Å²) >= 11 is 0. The smallest absolute Gasteiger partial charge is 0.304 e. The van der Waals surface area contributed by atoms with Crippen LogP contribution in [0.25, 0.3) is 0 Å². The molecule has 0 aliphatic rings. The summed E-state index contributed by atoms with van der Waals surface area (Å²) < 4.78 is 19.3. The average Bonchev–Trinajstić information content (AvgIpc) is 2.29. The first-order valence-corrected chi connectivity index (χ1v) is 7.99. The molecule has 5 heteroatoms. The summed E-state index contributed by atoms with van der Waals surface area (Å²) in [5.41, 5.74) is 0. The SMILES string of the molecule is CCCCCC(C)OP(=O)(C#N)N(C)CCC. The Labute approximate surface area is 105 Å². The molecule has 0 bridgehead atoms. The lowest BCUT2D eigenvalue weighted by atomic mass is 10.1. The molecular formula is C12H25N2O2P. The maximum atomic E-state index is 12.3. The van der Waals surface area contributed by atoms with Gasteiger partial charge in [-0.25, -0.2) is 4.67 Å². The maximum absolute atomic E-state index is 12.3. The maximum Gasteiger partial charge on any atom is 0.371 e. The van der Waals surface area contributed by atoms with E-state index in [-0.39, 0.29) is 6.10 Å². The minimum Gasteiger partial charge on any atom is -0.304 e. The van der Waals surface area contributed by atoms with Crippen LogP contribution in [0.4, 0.5) is 0 Å². The van der Waals surface area contributed by atoms with E-state index in [1.54, 1.807) is 11.7 Å². The first-order chi connectivity index (χ1) is 8.00. The second kappa shape index (κ2) is 8.69. The molecule has 0 amide bonds. The zero-order valence-corrected chi connectivity index (χ0v) is 12.4. The van der Waals surface area contributed by atoms with Crippen molar-refractivity contribution in [3.8, 4) is 5.81 Å². The average molecular weight is 260 g/mol. The molecule has 0 aromatic carbocycles. The summed E-state index contributed by atoms with van der Waals surface area (Å²) in [7, 11) is -1.59. The lowest BCUT2D eigenvalue weighted by Crippen LogP contribution is -2.19. The Morgan fingerprint density at radius 2 is 2.00 bits per heavy atom. The van der Waals surface area contributed by atoms with Crippen molar-refractivity contribution in [3.05, 3.63) is 0 Å². The number of rotatable bonds is 9. The van der Waals surface area contributed by atoms with E-state index in [0.29, 0.717) is 6.54 Å². The minimum absolute atomic E-state index is 0.119. The van der Waals surface area contributed by atoms with Gasteiger partial charge in [-0.3, -0.25) is 4.57 Å². The van der Waals surface area contributed by atoms with Crippen molar-refractivity contribution in [2.75, 3.05) is 13.6 Å². The van der Waals surface area contributed by atoms with Crippen molar-refractivity contribution in [3.63, 3.8) is 0 Å². The van der Waals surface area contributed by atoms with E-state index in [1.165, 1.54) is 0 Å².